The predicted molar refractivity (Wildman–Crippen MR) is 82.2 cm³/mol. The molecule has 1 saturated heterocycles. The lowest BCUT2D eigenvalue weighted by molar-refractivity contribution is -0.149. The highest BCUT2D eigenvalue weighted by atomic mass is 16.4. The van der Waals surface area contributed by atoms with Crippen LogP contribution in [0.25, 0.3) is 0 Å². The molecule has 122 valence electrons. The van der Waals surface area contributed by atoms with Crippen LogP contribution in [0.3, 0.4) is 0 Å². The molecule has 2 atom stereocenters. The van der Waals surface area contributed by atoms with E-state index < -0.39 is 11.4 Å². The highest BCUT2D eigenvalue weighted by molar-refractivity contribution is 5.94. The van der Waals surface area contributed by atoms with Gasteiger partial charge in [-0.1, -0.05) is 6.42 Å². The Morgan fingerprint density at radius 2 is 2.17 bits per heavy atom. The Kier molecular flexibility index (Phi) is 3.79. The first-order valence-corrected chi connectivity index (χ1v) is 7.69. The normalized spacial score (nSPS) is 26.0. The highest BCUT2D eigenvalue weighted by Crippen LogP contribution is 2.48. The van der Waals surface area contributed by atoms with E-state index >= 15 is 0 Å². The van der Waals surface area contributed by atoms with Crippen LogP contribution < -0.4 is 5.32 Å². The monoisotopic (exact) mass is 317 g/mol. The van der Waals surface area contributed by atoms with Crippen LogP contribution in [-0.2, 0) is 4.79 Å². The maximum Gasteiger partial charge on any atom is 0.323 e. The Balaban J connectivity index is 1.68. The fourth-order valence-corrected chi connectivity index (χ4v) is 3.66. The molecule has 1 aliphatic heterocycles. The molecule has 0 radical (unpaired) electrons. The van der Waals surface area contributed by atoms with Crippen LogP contribution in [0.1, 0.15) is 36.5 Å². The van der Waals surface area contributed by atoms with E-state index in [1.807, 2.05) is 0 Å². The SMILES string of the molecule is CC(=O)c1ccc(NC(=O)N2C[C@@H]3CCC[C@@]3(C(=O)O)C2)nc1. The van der Waals surface area contributed by atoms with Crippen LogP contribution in [0.4, 0.5) is 10.6 Å². The number of likely N-dealkylation sites (tertiary alicyclic amines) is 1. The smallest absolute Gasteiger partial charge is 0.323 e. The average molecular weight is 317 g/mol. The molecule has 0 spiro atoms. The second-order valence-electron chi connectivity index (χ2n) is 6.35. The van der Waals surface area contributed by atoms with E-state index in [0.717, 1.165) is 12.8 Å². The molecule has 7 heteroatoms. The van der Waals surface area contributed by atoms with Crippen molar-refractivity contribution in [2.24, 2.45) is 11.3 Å². The molecule has 0 bridgehead atoms. The zero-order chi connectivity index (χ0) is 16.6. The summed E-state index contributed by atoms with van der Waals surface area (Å²) < 4.78 is 0. The Labute approximate surface area is 133 Å². The van der Waals surface area contributed by atoms with Crippen molar-refractivity contribution in [2.75, 3.05) is 18.4 Å². The number of hydrogen-bond donors (Lipinski definition) is 2. The third-order valence-electron chi connectivity index (χ3n) is 4.99. The topological polar surface area (TPSA) is 99.6 Å². The van der Waals surface area contributed by atoms with Gasteiger partial charge in [-0.05, 0) is 37.8 Å². The molecule has 0 unspecified atom stereocenters. The molecule has 2 amide bonds. The van der Waals surface area contributed by atoms with Crippen molar-refractivity contribution in [3.05, 3.63) is 23.9 Å². The summed E-state index contributed by atoms with van der Waals surface area (Å²) in [5.41, 5.74) is -0.313. The molecule has 1 saturated carbocycles. The van der Waals surface area contributed by atoms with Crippen LogP contribution in [0.2, 0.25) is 0 Å². The van der Waals surface area contributed by atoms with Gasteiger partial charge in [0.1, 0.15) is 5.82 Å². The van der Waals surface area contributed by atoms with Gasteiger partial charge >= 0.3 is 12.0 Å². The van der Waals surface area contributed by atoms with Gasteiger partial charge in [0.2, 0.25) is 0 Å². The van der Waals surface area contributed by atoms with Crippen molar-refractivity contribution in [2.45, 2.75) is 26.2 Å². The zero-order valence-corrected chi connectivity index (χ0v) is 12.9. The maximum absolute atomic E-state index is 12.3. The molecule has 2 fully saturated rings. The third-order valence-corrected chi connectivity index (χ3v) is 4.99. The number of aromatic nitrogens is 1. The van der Waals surface area contributed by atoms with Crippen molar-refractivity contribution < 1.29 is 19.5 Å². The number of ketones is 1. The van der Waals surface area contributed by atoms with Crippen LogP contribution in [-0.4, -0.2) is 45.9 Å². The number of amides is 2. The molecule has 2 aliphatic rings. The molecular formula is C16H19N3O4. The fourth-order valence-electron chi connectivity index (χ4n) is 3.66. The minimum Gasteiger partial charge on any atom is -0.481 e. The van der Waals surface area contributed by atoms with E-state index in [1.165, 1.54) is 13.1 Å². The van der Waals surface area contributed by atoms with Crippen molar-refractivity contribution >= 4 is 23.6 Å². The van der Waals surface area contributed by atoms with E-state index in [1.54, 1.807) is 17.0 Å². The molecule has 3 rings (SSSR count). The number of anilines is 1. The van der Waals surface area contributed by atoms with Gasteiger partial charge in [0.25, 0.3) is 0 Å². The minimum atomic E-state index is -0.806. The lowest BCUT2D eigenvalue weighted by Crippen LogP contribution is -2.38. The number of carbonyl (C=O) groups is 3. The number of carboxylic acids is 1. The van der Waals surface area contributed by atoms with Gasteiger partial charge in [-0.2, -0.15) is 0 Å². The van der Waals surface area contributed by atoms with E-state index in [2.05, 4.69) is 10.3 Å². The summed E-state index contributed by atoms with van der Waals surface area (Å²) in [6.45, 7) is 2.15. The van der Waals surface area contributed by atoms with Gasteiger partial charge < -0.3 is 10.0 Å². The number of nitrogens with one attached hydrogen (secondary N) is 1. The molecule has 1 aromatic heterocycles. The number of fused-ring (bicyclic) bond motifs is 1. The van der Waals surface area contributed by atoms with E-state index in [9.17, 15) is 19.5 Å². The van der Waals surface area contributed by atoms with E-state index in [4.69, 9.17) is 0 Å². The summed E-state index contributed by atoms with van der Waals surface area (Å²) in [7, 11) is 0. The first-order chi connectivity index (χ1) is 10.9. The standard InChI is InChI=1S/C16H19N3O4/c1-10(20)11-4-5-13(17-7-11)18-15(23)19-8-12-3-2-6-16(12,9-19)14(21)22/h4-5,7,12H,2-3,6,8-9H2,1H3,(H,21,22)(H,17,18,23)/t12-,16+/m0/s1. The number of nitrogens with zero attached hydrogens (tertiary/aromatic N) is 2. The molecular weight excluding hydrogens is 298 g/mol. The fraction of sp³-hybridized carbons (Fsp3) is 0.500. The Morgan fingerprint density at radius 1 is 1.39 bits per heavy atom. The van der Waals surface area contributed by atoms with Crippen molar-refractivity contribution in [1.29, 1.82) is 0 Å². The number of Topliss-reactive ketones (excluding diaryl/α,β-unsaturated/α-hetero) is 1. The number of pyridine rings is 1. The third kappa shape index (κ3) is 2.67. The first kappa shape index (κ1) is 15.5. The van der Waals surface area contributed by atoms with Gasteiger partial charge in [-0.25, -0.2) is 9.78 Å². The van der Waals surface area contributed by atoms with Crippen LogP contribution >= 0.6 is 0 Å². The van der Waals surface area contributed by atoms with Crippen LogP contribution in [0.15, 0.2) is 18.3 Å². The number of carboxylic acid groups (broad SMARTS) is 1. The maximum atomic E-state index is 12.3. The molecule has 0 aromatic carbocycles. The minimum absolute atomic E-state index is 0.0267. The Hall–Kier alpha value is -2.44. The molecule has 23 heavy (non-hydrogen) atoms. The van der Waals surface area contributed by atoms with Crippen molar-refractivity contribution in [3.63, 3.8) is 0 Å². The molecule has 2 N–H and O–H groups in total. The average Bonchev–Trinajstić information content (AvgIpc) is 3.05. The second-order valence-corrected chi connectivity index (χ2v) is 6.35. The predicted octanol–water partition coefficient (Wildman–Crippen LogP) is 2.00. The number of aliphatic carboxylic acids is 1. The quantitative estimate of drug-likeness (QED) is 0.831. The lowest BCUT2D eigenvalue weighted by Gasteiger charge is -2.23. The molecule has 2 heterocycles. The zero-order valence-electron chi connectivity index (χ0n) is 12.9. The summed E-state index contributed by atoms with van der Waals surface area (Å²) in [5, 5.41) is 12.2. The number of rotatable bonds is 3. The number of carbonyl (C=O) groups excluding carboxylic acids is 2. The summed E-state index contributed by atoms with van der Waals surface area (Å²) in [5.74, 6) is -0.523. The van der Waals surface area contributed by atoms with Crippen LogP contribution in [0, 0.1) is 11.3 Å². The van der Waals surface area contributed by atoms with Gasteiger partial charge in [-0.3, -0.25) is 14.9 Å². The van der Waals surface area contributed by atoms with E-state index in [-0.39, 0.29) is 24.3 Å². The van der Waals surface area contributed by atoms with Crippen LogP contribution in [0.5, 0.6) is 0 Å². The first-order valence-electron chi connectivity index (χ1n) is 7.69. The summed E-state index contributed by atoms with van der Waals surface area (Å²) in [4.78, 5) is 40.8. The molecule has 1 aliphatic carbocycles. The molecule has 1 aromatic rings. The Bertz CT molecular complexity index is 658. The second kappa shape index (κ2) is 5.64. The summed E-state index contributed by atoms with van der Waals surface area (Å²) >= 11 is 0. The number of urea groups is 1. The van der Waals surface area contributed by atoms with Crippen molar-refractivity contribution in [3.8, 4) is 0 Å². The largest absolute Gasteiger partial charge is 0.481 e. The van der Waals surface area contributed by atoms with Gasteiger partial charge in [0.05, 0.1) is 5.41 Å². The van der Waals surface area contributed by atoms with Gasteiger partial charge in [0, 0.05) is 24.8 Å². The van der Waals surface area contributed by atoms with Gasteiger partial charge in [0.15, 0.2) is 5.78 Å². The van der Waals surface area contributed by atoms with Gasteiger partial charge in [-0.15, -0.1) is 0 Å². The Morgan fingerprint density at radius 3 is 2.74 bits per heavy atom. The highest BCUT2D eigenvalue weighted by Gasteiger charge is 2.55. The summed E-state index contributed by atoms with van der Waals surface area (Å²) in [6, 6.07) is 2.82. The van der Waals surface area contributed by atoms with Crippen molar-refractivity contribution in [1.82, 2.24) is 9.88 Å². The summed E-state index contributed by atoms with van der Waals surface area (Å²) in [6.07, 6.45) is 3.79. The number of hydrogen-bond acceptors (Lipinski definition) is 4. The molecule has 7 nitrogen and oxygen atoms in total. The lowest BCUT2D eigenvalue weighted by atomic mass is 9.81. The van der Waals surface area contributed by atoms with E-state index in [0.29, 0.717) is 24.3 Å².